The molecular formula is C12H16ClN3O3. The van der Waals surface area contributed by atoms with Crippen LogP contribution in [0.4, 0.5) is 5.69 Å². The number of halogens is 1. The largest absolute Gasteiger partial charge is 0.342 e. The van der Waals surface area contributed by atoms with Gasteiger partial charge in [-0.25, -0.2) is 0 Å². The van der Waals surface area contributed by atoms with Crippen molar-refractivity contribution in [2.45, 2.75) is 6.42 Å². The molecule has 0 aliphatic rings. The lowest BCUT2D eigenvalue weighted by molar-refractivity contribution is -0.384. The number of nitrogens with zero attached hydrogens (tertiary/aromatic N) is 2. The average molecular weight is 286 g/mol. The molecule has 1 aromatic carbocycles. The summed E-state index contributed by atoms with van der Waals surface area (Å²) in [5.41, 5.74) is 0.151. The summed E-state index contributed by atoms with van der Waals surface area (Å²) in [7, 11) is 3.53. The Morgan fingerprint density at radius 3 is 2.74 bits per heavy atom. The molecule has 0 spiro atoms. The predicted octanol–water partition coefficient (Wildman–Crippen LogP) is 1.93. The fourth-order valence-corrected chi connectivity index (χ4v) is 1.85. The molecule has 0 saturated carbocycles. The standard InChI is InChI=1S/C12H16ClN3O3/c1-14-6-3-7-15(2)12(17)9-4-5-11(16(18)19)10(13)8-9/h4-5,8,14H,3,6-7H2,1-2H3. The van der Waals surface area contributed by atoms with Gasteiger partial charge in [0.1, 0.15) is 5.02 Å². The second kappa shape index (κ2) is 7.06. The highest BCUT2D eigenvalue weighted by molar-refractivity contribution is 6.33. The van der Waals surface area contributed by atoms with Gasteiger partial charge in [-0.15, -0.1) is 0 Å². The zero-order valence-electron chi connectivity index (χ0n) is 10.9. The van der Waals surface area contributed by atoms with Crippen LogP contribution in [0.5, 0.6) is 0 Å². The number of hydrogen-bond donors (Lipinski definition) is 1. The Kier molecular flexibility index (Phi) is 5.72. The van der Waals surface area contributed by atoms with Gasteiger partial charge in [-0.05, 0) is 32.1 Å². The Hall–Kier alpha value is -1.66. The normalized spacial score (nSPS) is 10.3. The van der Waals surface area contributed by atoms with Gasteiger partial charge in [0, 0.05) is 25.2 Å². The molecule has 0 unspecified atom stereocenters. The summed E-state index contributed by atoms with van der Waals surface area (Å²) < 4.78 is 0. The number of rotatable bonds is 6. The molecule has 0 aromatic heterocycles. The fourth-order valence-electron chi connectivity index (χ4n) is 1.60. The van der Waals surface area contributed by atoms with E-state index in [2.05, 4.69) is 5.32 Å². The maximum atomic E-state index is 12.0. The van der Waals surface area contributed by atoms with E-state index in [1.807, 2.05) is 7.05 Å². The van der Waals surface area contributed by atoms with Crippen molar-refractivity contribution in [1.82, 2.24) is 10.2 Å². The summed E-state index contributed by atoms with van der Waals surface area (Å²) >= 11 is 5.78. The van der Waals surface area contributed by atoms with Crippen LogP contribution >= 0.6 is 11.6 Å². The number of nitro benzene ring substituents is 1. The molecule has 0 aliphatic heterocycles. The highest BCUT2D eigenvalue weighted by Crippen LogP contribution is 2.25. The molecule has 19 heavy (non-hydrogen) atoms. The van der Waals surface area contributed by atoms with Crippen LogP contribution in [-0.4, -0.2) is 42.9 Å². The van der Waals surface area contributed by atoms with E-state index in [0.717, 1.165) is 13.0 Å². The number of carbonyl (C=O) groups excluding carboxylic acids is 1. The highest BCUT2D eigenvalue weighted by atomic mass is 35.5. The molecular weight excluding hydrogens is 270 g/mol. The fraction of sp³-hybridized carbons (Fsp3) is 0.417. The number of benzene rings is 1. The summed E-state index contributed by atoms with van der Waals surface area (Å²) in [6, 6.07) is 3.99. The van der Waals surface area contributed by atoms with E-state index < -0.39 is 4.92 Å². The first-order valence-corrected chi connectivity index (χ1v) is 6.19. The highest BCUT2D eigenvalue weighted by Gasteiger charge is 2.17. The van der Waals surface area contributed by atoms with Gasteiger partial charge in [-0.2, -0.15) is 0 Å². The van der Waals surface area contributed by atoms with Gasteiger partial charge in [0.25, 0.3) is 11.6 Å². The van der Waals surface area contributed by atoms with E-state index in [0.29, 0.717) is 12.1 Å². The van der Waals surface area contributed by atoms with Gasteiger partial charge in [0.05, 0.1) is 4.92 Å². The maximum absolute atomic E-state index is 12.0. The molecule has 104 valence electrons. The average Bonchev–Trinajstić information content (AvgIpc) is 2.37. The van der Waals surface area contributed by atoms with Crippen LogP contribution in [0.3, 0.4) is 0 Å². The number of nitro groups is 1. The smallest absolute Gasteiger partial charge is 0.287 e. The number of carbonyl (C=O) groups is 1. The third-order valence-corrected chi connectivity index (χ3v) is 2.96. The molecule has 0 saturated heterocycles. The summed E-state index contributed by atoms with van der Waals surface area (Å²) in [5, 5.41) is 13.6. The van der Waals surface area contributed by atoms with Crippen molar-refractivity contribution in [3.63, 3.8) is 0 Å². The molecule has 0 aliphatic carbocycles. The molecule has 0 fully saturated rings. The van der Waals surface area contributed by atoms with E-state index in [1.165, 1.54) is 18.2 Å². The molecule has 7 heteroatoms. The van der Waals surface area contributed by atoms with E-state index in [1.54, 1.807) is 11.9 Å². The Balaban J connectivity index is 2.77. The van der Waals surface area contributed by atoms with Crippen molar-refractivity contribution in [3.05, 3.63) is 38.9 Å². The van der Waals surface area contributed by atoms with E-state index in [9.17, 15) is 14.9 Å². The third kappa shape index (κ3) is 4.18. The van der Waals surface area contributed by atoms with Crippen LogP contribution in [0.25, 0.3) is 0 Å². The zero-order valence-corrected chi connectivity index (χ0v) is 11.6. The second-order valence-electron chi connectivity index (χ2n) is 4.11. The van der Waals surface area contributed by atoms with Crippen LogP contribution in [0.15, 0.2) is 18.2 Å². The number of amides is 1. The van der Waals surface area contributed by atoms with Crippen LogP contribution in [0, 0.1) is 10.1 Å². The summed E-state index contributed by atoms with van der Waals surface area (Å²) in [6.45, 7) is 1.42. The molecule has 1 rings (SSSR count). The quantitative estimate of drug-likeness (QED) is 0.492. The van der Waals surface area contributed by atoms with Gasteiger partial charge in [-0.3, -0.25) is 14.9 Å². The first kappa shape index (κ1) is 15.4. The number of hydrogen-bond acceptors (Lipinski definition) is 4. The molecule has 6 nitrogen and oxygen atoms in total. The molecule has 0 bridgehead atoms. The van der Waals surface area contributed by atoms with Crippen molar-refractivity contribution in [2.75, 3.05) is 27.2 Å². The lowest BCUT2D eigenvalue weighted by Gasteiger charge is -2.17. The van der Waals surface area contributed by atoms with Crippen molar-refractivity contribution in [3.8, 4) is 0 Å². The Bertz CT molecular complexity index is 479. The minimum absolute atomic E-state index is 0.0283. The Morgan fingerprint density at radius 2 is 2.21 bits per heavy atom. The van der Waals surface area contributed by atoms with Crippen molar-refractivity contribution < 1.29 is 9.72 Å². The molecule has 1 N–H and O–H groups in total. The van der Waals surface area contributed by atoms with Crippen molar-refractivity contribution in [2.24, 2.45) is 0 Å². The van der Waals surface area contributed by atoms with Gasteiger partial charge in [-0.1, -0.05) is 11.6 Å². The van der Waals surface area contributed by atoms with Gasteiger partial charge < -0.3 is 10.2 Å². The lowest BCUT2D eigenvalue weighted by Crippen LogP contribution is -2.29. The topological polar surface area (TPSA) is 75.5 Å². The minimum Gasteiger partial charge on any atom is -0.342 e. The molecule has 0 atom stereocenters. The summed E-state index contributed by atoms with van der Waals surface area (Å²) in [5.74, 6) is -0.201. The van der Waals surface area contributed by atoms with Crippen LogP contribution in [-0.2, 0) is 0 Å². The maximum Gasteiger partial charge on any atom is 0.287 e. The van der Waals surface area contributed by atoms with Crippen LogP contribution in [0.2, 0.25) is 5.02 Å². The monoisotopic (exact) mass is 285 g/mol. The third-order valence-electron chi connectivity index (χ3n) is 2.66. The predicted molar refractivity (Wildman–Crippen MR) is 73.6 cm³/mol. The van der Waals surface area contributed by atoms with Crippen molar-refractivity contribution >= 4 is 23.2 Å². The minimum atomic E-state index is -0.576. The van der Waals surface area contributed by atoms with Crippen molar-refractivity contribution in [1.29, 1.82) is 0 Å². The molecule has 0 heterocycles. The van der Waals surface area contributed by atoms with E-state index in [4.69, 9.17) is 11.6 Å². The Morgan fingerprint density at radius 1 is 1.53 bits per heavy atom. The van der Waals surface area contributed by atoms with Gasteiger partial charge >= 0.3 is 0 Å². The second-order valence-corrected chi connectivity index (χ2v) is 4.51. The first-order chi connectivity index (χ1) is 8.97. The SMILES string of the molecule is CNCCCN(C)C(=O)c1ccc([N+](=O)[O-])c(Cl)c1. The first-order valence-electron chi connectivity index (χ1n) is 5.81. The lowest BCUT2D eigenvalue weighted by atomic mass is 10.2. The van der Waals surface area contributed by atoms with Gasteiger partial charge in [0.2, 0.25) is 0 Å². The molecule has 1 aromatic rings. The van der Waals surface area contributed by atoms with Crippen LogP contribution < -0.4 is 5.32 Å². The summed E-state index contributed by atoms with van der Waals surface area (Å²) in [6.07, 6.45) is 0.833. The zero-order chi connectivity index (χ0) is 14.4. The van der Waals surface area contributed by atoms with Crippen LogP contribution in [0.1, 0.15) is 16.8 Å². The van der Waals surface area contributed by atoms with Gasteiger partial charge in [0.15, 0.2) is 0 Å². The molecule has 1 amide bonds. The number of nitrogens with one attached hydrogen (secondary N) is 1. The van der Waals surface area contributed by atoms with E-state index in [-0.39, 0.29) is 16.6 Å². The Labute approximate surface area is 116 Å². The van der Waals surface area contributed by atoms with E-state index >= 15 is 0 Å². The summed E-state index contributed by atoms with van der Waals surface area (Å²) in [4.78, 5) is 23.7. The molecule has 0 radical (unpaired) electrons.